The first-order valence-electron chi connectivity index (χ1n) is 9.83. The molecule has 3 heterocycles. The van der Waals surface area contributed by atoms with Gasteiger partial charge in [0.25, 0.3) is 5.91 Å². The van der Waals surface area contributed by atoms with Gasteiger partial charge in [0, 0.05) is 30.6 Å². The van der Waals surface area contributed by atoms with Crippen LogP contribution in [0.15, 0.2) is 41.6 Å². The standard InChI is InChI=1S/C21H21N5O3S/c1-12(13-3-4-13)26-11-16-7-14(9-19(30(2,28)29)20(16)21(26)27)15-8-18(25-23-10-15)17-5-6-22-24-17/h5-10,12-13H,3-4,11H2,1-2H3,(H,22,24)/t12-/m0/s1. The quantitative estimate of drug-likeness (QED) is 0.676. The van der Waals surface area contributed by atoms with E-state index >= 15 is 0 Å². The lowest BCUT2D eigenvalue weighted by atomic mass is 10.0. The van der Waals surface area contributed by atoms with Gasteiger partial charge in [-0.25, -0.2) is 8.42 Å². The molecule has 1 aliphatic carbocycles. The highest BCUT2D eigenvalue weighted by atomic mass is 32.2. The van der Waals surface area contributed by atoms with Gasteiger partial charge in [0.15, 0.2) is 9.84 Å². The van der Waals surface area contributed by atoms with Gasteiger partial charge >= 0.3 is 0 Å². The summed E-state index contributed by atoms with van der Waals surface area (Å²) in [6.45, 7) is 2.47. The summed E-state index contributed by atoms with van der Waals surface area (Å²) < 4.78 is 25.2. The molecular weight excluding hydrogens is 402 g/mol. The molecule has 0 bridgehead atoms. The average Bonchev–Trinajstić information content (AvgIpc) is 3.32. The second-order valence-electron chi connectivity index (χ2n) is 8.09. The number of carbonyl (C=O) groups is 1. The highest BCUT2D eigenvalue weighted by molar-refractivity contribution is 7.90. The van der Waals surface area contributed by atoms with E-state index in [2.05, 4.69) is 20.4 Å². The fourth-order valence-corrected chi connectivity index (χ4v) is 5.05. The number of fused-ring (bicyclic) bond motifs is 1. The molecule has 1 aromatic carbocycles. The van der Waals surface area contributed by atoms with Crippen molar-refractivity contribution in [3.8, 4) is 22.5 Å². The molecule has 2 aromatic heterocycles. The highest BCUT2D eigenvalue weighted by Crippen LogP contribution is 2.40. The van der Waals surface area contributed by atoms with E-state index in [1.165, 1.54) is 0 Å². The van der Waals surface area contributed by atoms with Crippen LogP contribution in [0.5, 0.6) is 0 Å². The van der Waals surface area contributed by atoms with Crippen molar-refractivity contribution in [2.75, 3.05) is 6.26 Å². The lowest BCUT2D eigenvalue weighted by Gasteiger charge is -2.24. The van der Waals surface area contributed by atoms with Crippen LogP contribution in [0, 0.1) is 5.92 Å². The molecule has 5 rings (SSSR count). The minimum Gasteiger partial charge on any atom is -0.331 e. The van der Waals surface area contributed by atoms with Crippen LogP contribution in [-0.2, 0) is 16.4 Å². The van der Waals surface area contributed by atoms with Gasteiger partial charge in [0.2, 0.25) is 0 Å². The summed E-state index contributed by atoms with van der Waals surface area (Å²) in [4.78, 5) is 15.0. The SMILES string of the molecule is C[C@@H](C1CC1)N1Cc2cc(-c3cnnc(-c4ccn[nH]4)c3)cc(S(C)(=O)=O)c2C1=O. The van der Waals surface area contributed by atoms with Crippen LogP contribution in [0.2, 0.25) is 0 Å². The molecule has 2 aliphatic rings. The Bertz CT molecular complexity index is 1250. The highest BCUT2D eigenvalue weighted by Gasteiger charge is 2.40. The molecule has 0 unspecified atom stereocenters. The van der Waals surface area contributed by atoms with E-state index in [1.54, 1.807) is 24.5 Å². The molecular formula is C21H21N5O3S. The minimum absolute atomic E-state index is 0.0744. The van der Waals surface area contributed by atoms with Crippen LogP contribution in [-0.4, -0.2) is 51.9 Å². The lowest BCUT2D eigenvalue weighted by molar-refractivity contribution is 0.0694. The van der Waals surface area contributed by atoms with E-state index in [9.17, 15) is 13.2 Å². The van der Waals surface area contributed by atoms with Crippen molar-refractivity contribution in [3.05, 3.63) is 47.8 Å². The van der Waals surface area contributed by atoms with Gasteiger partial charge in [0.1, 0.15) is 5.69 Å². The zero-order valence-electron chi connectivity index (χ0n) is 16.7. The first-order chi connectivity index (χ1) is 14.3. The van der Waals surface area contributed by atoms with Gasteiger partial charge in [-0.1, -0.05) is 0 Å². The molecule has 154 valence electrons. The number of sulfone groups is 1. The number of hydrogen-bond donors (Lipinski definition) is 1. The summed E-state index contributed by atoms with van der Waals surface area (Å²) in [5, 5.41) is 15.0. The number of aromatic nitrogens is 4. The number of rotatable bonds is 5. The number of nitrogens with one attached hydrogen (secondary N) is 1. The summed E-state index contributed by atoms with van der Waals surface area (Å²) in [6, 6.07) is 7.19. The van der Waals surface area contributed by atoms with Crippen molar-refractivity contribution in [1.29, 1.82) is 0 Å². The molecule has 1 atom stereocenters. The number of benzene rings is 1. The van der Waals surface area contributed by atoms with Gasteiger partial charge in [-0.15, -0.1) is 5.10 Å². The maximum Gasteiger partial charge on any atom is 0.256 e. The molecule has 1 aliphatic heterocycles. The normalized spacial score (nSPS) is 17.3. The molecule has 1 N–H and O–H groups in total. The van der Waals surface area contributed by atoms with E-state index in [0.29, 0.717) is 35.0 Å². The van der Waals surface area contributed by atoms with E-state index < -0.39 is 9.84 Å². The predicted molar refractivity (Wildman–Crippen MR) is 110 cm³/mol. The zero-order valence-corrected chi connectivity index (χ0v) is 17.5. The summed E-state index contributed by atoms with van der Waals surface area (Å²) in [5.74, 6) is 0.313. The second kappa shape index (κ2) is 6.73. The van der Waals surface area contributed by atoms with Crippen molar-refractivity contribution in [3.63, 3.8) is 0 Å². The van der Waals surface area contributed by atoms with Crippen LogP contribution in [0.4, 0.5) is 0 Å². The molecule has 9 heteroatoms. The monoisotopic (exact) mass is 423 g/mol. The molecule has 30 heavy (non-hydrogen) atoms. The third-order valence-electron chi connectivity index (χ3n) is 5.96. The third-order valence-corrected chi connectivity index (χ3v) is 7.08. The number of aromatic amines is 1. The number of nitrogens with zero attached hydrogens (tertiary/aromatic N) is 4. The number of carbonyl (C=O) groups excluding carboxylic acids is 1. The summed E-state index contributed by atoms with van der Waals surface area (Å²) in [7, 11) is -3.60. The predicted octanol–water partition coefficient (Wildman–Crippen LogP) is 2.69. The summed E-state index contributed by atoms with van der Waals surface area (Å²) >= 11 is 0. The Kier molecular flexibility index (Phi) is 4.25. The van der Waals surface area contributed by atoms with E-state index in [1.807, 2.05) is 24.0 Å². The van der Waals surface area contributed by atoms with E-state index in [0.717, 1.165) is 30.2 Å². The van der Waals surface area contributed by atoms with Crippen molar-refractivity contribution in [1.82, 2.24) is 25.3 Å². The Hall–Kier alpha value is -3.07. The molecule has 1 amide bonds. The fourth-order valence-electron chi connectivity index (χ4n) is 4.12. The minimum atomic E-state index is -3.60. The van der Waals surface area contributed by atoms with Crippen LogP contribution >= 0.6 is 0 Å². The Morgan fingerprint density at radius 1 is 1.20 bits per heavy atom. The number of H-pyrrole nitrogens is 1. The Morgan fingerprint density at radius 2 is 2.00 bits per heavy atom. The average molecular weight is 423 g/mol. The topological polar surface area (TPSA) is 109 Å². The first-order valence-corrected chi connectivity index (χ1v) is 11.7. The Labute approximate surface area is 174 Å². The third kappa shape index (κ3) is 3.19. The largest absolute Gasteiger partial charge is 0.331 e. The van der Waals surface area contributed by atoms with Crippen molar-refractivity contribution in [2.24, 2.45) is 5.92 Å². The number of hydrogen-bond acceptors (Lipinski definition) is 6. The Balaban J connectivity index is 1.62. The van der Waals surface area contributed by atoms with Crippen LogP contribution in [0.3, 0.4) is 0 Å². The van der Waals surface area contributed by atoms with Gasteiger partial charge in [-0.2, -0.15) is 10.2 Å². The molecule has 1 fully saturated rings. The van der Waals surface area contributed by atoms with Gasteiger partial charge < -0.3 is 4.90 Å². The van der Waals surface area contributed by atoms with Crippen LogP contribution in [0.25, 0.3) is 22.5 Å². The van der Waals surface area contributed by atoms with Crippen LogP contribution < -0.4 is 0 Å². The molecule has 0 saturated heterocycles. The van der Waals surface area contributed by atoms with Gasteiger partial charge in [0.05, 0.1) is 22.3 Å². The van der Waals surface area contributed by atoms with Crippen molar-refractivity contribution >= 4 is 15.7 Å². The first kappa shape index (κ1) is 18.9. The second-order valence-corrected chi connectivity index (χ2v) is 10.1. The molecule has 0 radical (unpaired) electrons. The molecule has 0 spiro atoms. The van der Waals surface area contributed by atoms with Crippen molar-refractivity contribution < 1.29 is 13.2 Å². The number of amides is 1. The van der Waals surface area contributed by atoms with E-state index in [4.69, 9.17) is 0 Å². The molecule has 3 aromatic rings. The maximum atomic E-state index is 13.1. The molecule has 1 saturated carbocycles. The summed E-state index contributed by atoms with van der Waals surface area (Å²) in [6.07, 6.45) is 6.60. The zero-order chi connectivity index (χ0) is 21.0. The van der Waals surface area contributed by atoms with Gasteiger partial charge in [-0.05, 0) is 61.1 Å². The van der Waals surface area contributed by atoms with Crippen LogP contribution in [0.1, 0.15) is 35.7 Å². The summed E-state index contributed by atoms with van der Waals surface area (Å²) in [5.41, 5.74) is 3.79. The van der Waals surface area contributed by atoms with E-state index in [-0.39, 0.29) is 16.8 Å². The van der Waals surface area contributed by atoms with Crippen molar-refractivity contribution in [2.45, 2.75) is 37.2 Å². The fraction of sp³-hybridized carbons (Fsp3) is 0.333. The van der Waals surface area contributed by atoms with Gasteiger partial charge in [-0.3, -0.25) is 9.89 Å². The maximum absolute atomic E-state index is 13.1. The smallest absolute Gasteiger partial charge is 0.256 e. The Morgan fingerprint density at radius 3 is 2.67 bits per heavy atom. The molecule has 8 nitrogen and oxygen atoms in total. The lowest BCUT2D eigenvalue weighted by Crippen LogP contribution is -2.35.